The summed E-state index contributed by atoms with van der Waals surface area (Å²) in [6, 6.07) is 2.69. The predicted octanol–water partition coefficient (Wildman–Crippen LogP) is -2.04. The molecule has 8 N–H and O–H groups in total. The maximum Gasteiger partial charge on any atom is 0.335 e. The molecule has 17 nitrogen and oxygen atoms in total. The minimum Gasteiger partial charge on any atom is -0.479 e. The number of imide groups is 1. The van der Waals surface area contributed by atoms with Crippen LogP contribution in [0.5, 0.6) is 5.75 Å². The van der Waals surface area contributed by atoms with E-state index in [1.54, 1.807) is 0 Å². The summed E-state index contributed by atoms with van der Waals surface area (Å²) in [5.74, 6) is -5.95. The molecule has 2 radical (unpaired) electrons. The van der Waals surface area contributed by atoms with Crippen molar-refractivity contribution in [2.75, 3.05) is 18.4 Å². The Hall–Kier alpha value is -4.10. The molecule has 3 rings (SSSR count). The number of carboxylic acid groups (broad SMARTS) is 1. The molecule has 18 heteroatoms. The fourth-order valence-electron chi connectivity index (χ4n) is 4.91. The van der Waals surface area contributed by atoms with Gasteiger partial charge in [0.25, 0.3) is 0 Å². The fraction of sp³-hybridized carbons (Fsp3) is 0.571. The number of carbonyl (C=O) groups is 6. The monoisotopic (exact) mass is 648 g/mol. The third-order valence-corrected chi connectivity index (χ3v) is 7.47. The van der Waals surface area contributed by atoms with Crippen LogP contribution in [0.15, 0.2) is 18.2 Å². The molecule has 2 aliphatic rings. The zero-order valence-electron chi connectivity index (χ0n) is 25.4. The maximum absolute atomic E-state index is 12.9. The molecular weight excluding hydrogens is 611 g/mol. The number of nitrogens with one attached hydrogen (secondary N) is 2. The maximum atomic E-state index is 12.9. The molecule has 0 aromatic heterocycles. The van der Waals surface area contributed by atoms with Crippen molar-refractivity contribution in [3.05, 3.63) is 23.8 Å². The molecule has 2 saturated heterocycles. The summed E-state index contributed by atoms with van der Waals surface area (Å²) >= 11 is 0. The molecule has 250 valence electrons. The molecule has 0 aliphatic carbocycles. The molecule has 1 aromatic rings. The van der Waals surface area contributed by atoms with Crippen molar-refractivity contribution in [3.63, 3.8) is 0 Å². The Morgan fingerprint density at radius 3 is 2.37 bits per heavy atom. The van der Waals surface area contributed by atoms with E-state index in [2.05, 4.69) is 10.6 Å². The van der Waals surface area contributed by atoms with Crippen molar-refractivity contribution in [3.8, 4) is 5.75 Å². The first kappa shape index (κ1) is 36.4. The van der Waals surface area contributed by atoms with Crippen LogP contribution < -0.4 is 21.1 Å². The van der Waals surface area contributed by atoms with Crippen LogP contribution in [-0.2, 0) is 40.1 Å². The smallest absolute Gasteiger partial charge is 0.335 e. The second-order valence-electron chi connectivity index (χ2n) is 11.9. The number of carboxylic acids is 1. The van der Waals surface area contributed by atoms with E-state index >= 15 is 0 Å². The number of carbonyl (C=O) groups excluding carboxylic acids is 5. The number of nitrogens with two attached hydrogens (primary N) is 1. The van der Waals surface area contributed by atoms with Crippen LogP contribution in [-0.4, -0.2) is 118 Å². The zero-order chi connectivity index (χ0) is 34.5. The molecule has 1 unspecified atom stereocenters. The van der Waals surface area contributed by atoms with Gasteiger partial charge in [-0.15, -0.1) is 0 Å². The quantitative estimate of drug-likeness (QED) is 0.0951. The molecule has 4 amide bonds. The summed E-state index contributed by atoms with van der Waals surface area (Å²) in [5.41, 5.74) is 5.47. The summed E-state index contributed by atoms with van der Waals surface area (Å²) < 4.78 is 15.5. The molecule has 2 aliphatic heterocycles. The summed E-state index contributed by atoms with van der Waals surface area (Å²) in [6.07, 6.45) is -9.94. The van der Waals surface area contributed by atoms with Gasteiger partial charge in [0.1, 0.15) is 36.7 Å². The van der Waals surface area contributed by atoms with Gasteiger partial charge in [0, 0.05) is 25.9 Å². The van der Waals surface area contributed by atoms with E-state index in [1.807, 2.05) is 20.8 Å². The number of aliphatic hydroxyl groups excluding tert-OH is 3. The van der Waals surface area contributed by atoms with Crippen LogP contribution >= 0.6 is 0 Å². The molecule has 7 atom stereocenters. The first-order valence-corrected chi connectivity index (χ1v) is 14.2. The average Bonchev–Trinajstić information content (AvgIpc) is 3.27. The van der Waals surface area contributed by atoms with Crippen LogP contribution in [0.1, 0.15) is 39.2 Å². The molecule has 2 fully saturated rings. The van der Waals surface area contributed by atoms with Gasteiger partial charge in [-0.3, -0.25) is 28.9 Å². The van der Waals surface area contributed by atoms with Gasteiger partial charge in [0.2, 0.25) is 43.6 Å². The lowest BCUT2D eigenvalue weighted by atomic mass is 9.80. The lowest BCUT2D eigenvalue weighted by Gasteiger charge is -2.38. The Kier molecular flexibility index (Phi) is 11.9. The Balaban J connectivity index is 1.70. The zero-order valence-corrected chi connectivity index (χ0v) is 25.4. The van der Waals surface area contributed by atoms with Crippen LogP contribution in [0.3, 0.4) is 0 Å². The van der Waals surface area contributed by atoms with E-state index in [-0.39, 0.29) is 44.0 Å². The molecule has 46 heavy (non-hydrogen) atoms. The van der Waals surface area contributed by atoms with Gasteiger partial charge in [0.15, 0.2) is 6.10 Å². The van der Waals surface area contributed by atoms with E-state index in [9.17, 15) is 49.2 Å². The lowest BCUT2D eigenvalue weighted by molar-refractivity contribution is -0.271. The first-order chi connectivity index (χ1) is 21.5. The van der Waals surface area contributed by atoms with Gasteiger partial charge in [-0.2, -0.15) is 0 Å². The fourth-order valence-corrected chi connectivity index (χ4v) is 4.91. The SMILES string of the molecule is [B]C(=O)OCc1ccc(O[C@@H]2O[C@H](C(=O)O)[C@@H](O)[C@H](O)[C@H]2O)c(NC(=O)CCNC(=O)[C@H](CN)N2C(=O)CC(C(C)(C)C)C2=O)c1. The number of anilines is 1. The second-order valence-corrected chi connectivity index (χ2v) is 11.9. The van der Waals surface area contributed by atoms with Crippen LogP contribution in [0.25, 0.3) is 0 Å². The third kappa shape index (κ3) is 8.58. The Morgan fingerprint density at radius 1 is 1.13 bits per heavy atom. The summed E-state index contributed by atoms with van der Waals surface area (Å²) in [4.78, 5) is 74.7. The van der Waals surface area contributed by atoms with Crippen molar-refractivity contribution in [2.24, 2.45) is 17.1 Å². The van der Waals surface area contributed by atoms with Crippen LogP contribution in [0.4, 0.5) is 10.5 Å². The second kappa shape index (κ2) is 15.0. The standard InChI is InChI=1S/C28H37BN4O13/c1-28(2,3)13-9-18(35)33(24(13)40)15(10-30)23(39)31-7-6-17(34)32-14-8-12(11-44-27(29)43)4-5-16(14)45-26-21(38)19(36)20(37)22(46-26)25(41)42/h4-5,8,13,15,19-22,26,36-38H,6-7,9-11,30H2,1-3H3,(H,31,39)(H,32,34)(H,41,42)/t13?,15-,19-,20-,21+,22-,26+/m0/s1. The van der Waals surface area contributed by atoms with Crippen molar-refractivity contribution < 1.29 is 63.4 Å². The van der Waals surface area contributed by atoms with Crippen LogP contribution in [0, 0.1) is 11.3 Å². The Labute approximate surface area is 264 Å². The highest BCUT2D eigenvalue weighted by Crippen LogP contribution is 2.36. The number of ether oxygens (including phenoxy) is 3. The summed E-state index contributed by atoms with van der Waals surface area (Å²) in [7, 11) is 5.01. The Bertz CT molecular complexity index is 1350. The minimum atomic E-state index is -1.96. The number of amides is 4. The van der Waals surface area contributed by atoms with E-state index in [4.69, 9.17) is 27.8 Å². The highest BCUT2D eigenvalue weighted by Gasteiger charge is 2.49. The van der Waals surface area contributed by atoms with Gasteiger partial charge >= 0.3 is 5.97 Å². The number of likely N-dealkylation sites (tertiary alicyclic amines) is 1. The summed E-state index contributed by atoms with van der Waals surface area (Å²) in [5, 5.41) is 44.7. The van der Waals surface area contributed by atoms with Gasteiger partial charge in [-0.1, -0.05) is 26.8 Å². The topological polar surface area (TPSA) is 264 Å². The van der Waals surface area contributed by atoms with Crippen molar-refractivity contribution in [1.29, 1.82) is 0 Å². The van der Waals surface area contributed by atoms with E-state index < -0.39 is 83.5 Å². The van der Waals surface area contributed by atoms with Crippen molar-refractivity contribution >= 4 is 49.0 Å². The van der Waals surface area contributed by atoms with Gasteiger partial charge in [-0.25, -0.2) is 4.79 Å². The highest BCUT2D eigenvalue weighted by atomic mass is 16.7. The molecular formula is C28H37BN4O13. The van der Waals surface area contributed by atoms with E-state index in [0.29, 0.717) is 5.56 Å². The number of nitrogens with zero attached hydrogens (tertiary/aromatic N) is 1. The van der Waals surface area contributed by atoms with Gasteiger partial charge in [0.05, 0.1) is 11.6 Å². The van der Waals surface area contributed by atoms with E-state index in [0.717, 1.165) is 4.90 Å². The highest BCUT2D eigenvalue weighted by molar-refractivity contribution is 6.55. The van der Waals surface area contributed by atoms with Gasteiger partial charge < -0.3 is 51.0 Å². The van der Waals surface area contributed by atoms with Crippen molar-refractivity contribution in [1.82, 2.24) is 10.2 Å². The number of aliphatic carboxylic acids is 1. The average molecular weight is 648 g/mol. The summed E-state index contributed by atoms with van der Waals surface area (Å²) in [6.45, 7) is 4.54. The Morgan fingerprint density at radius 2 is 1.80 bits per heavy atom. The van der Waals surface area contributed by atoms with Gasteiger partial charge in [-0.05, 0) is 23.1 Å². The molecule has 0 saturated carbocycles. The first-order valence-electron chi connectivity index (χ1n) is 14.2. The third-order valence-electron chi connectivity index (χ3n) is 7.47. The molecule has 1 aromatic carbocycles. The largest absolute Gasteiger partial charge is 0.479 e. The number of hydrogen-bond donors (Lipinski definition) is 7. The minimum absolute atomic E-state index is 0.0537. The number of benzene rings is 1. The molecule has 0 bridgehead atoms. The van der Waals surface area contributed by atoms with Crippen molar-refractivity contribution in [2.45, 2.75) is 77.0 Å². The lowest BCUT2D eigenvalue weighted by Crippen LogP contribution is -2.61. The van der Waals surface area contributed by atoms with Crippen LogP contribution in [0.2, 0.25) is 0 Å². The number of hydrogen-bond acceptors (Lipinski definition) is 13. The predicted molar refractivity (Wildman–Crippen MR) is 156 cm³/mol. The van der Waals surface area contributed by atoms with E-state index in [1.165, 1.54) is 18.2 Å². The number of aliphatic hydroxyl groups is 3. The molecule has 0 spiro atoms. The normalized spacial score (nSPS) is 25.5. The molecule has 2 heterocycles. The number of rotatable bonds is 12.